The lowest BCUT2D eigenvalue weighted by molar-refractivity contribution is -0.142. The third-order valence-corrected chi connectivity index (χ3v) is 11.0. The molecule has 6 rings (SSSR count). The first-order chi connectivity index (χ1) is 24.1. The van der Waals surface area contributed by atoms with Crippen molar-refractivity contribution < 1.29 is 28.5 Å². The number of rotatable bonds is 16. The first-order valence-corrected chi connectivity index (χ1v) is 18.2. The van der Waals surface area contributed by atoms with Gasteiger partial charge >= 0.3 is 0 Å². The molecular formula is C40H38O8S2. The number of hydrogen-bond acceptors (Lipinski definition) is 10. The maximum absolute atomic E-state index is 13.0. The molecule has 0 N–H and O–H groups in total. The predicted octanol–water partition coefficient (Wildman–Crippen LogP) is 7.97. The van der Waals surface area contributed by atoms with Crippen molar-refractivity contribution in [2.24, 2.45) is 5.92 Å². The number of unbranched alkanes of at least 4 members (excludes halogenated alkanes) is 1. The lowest BCUT2D eigenvalue weighted by atomic mass is 10.0. The van der Waals surface area contributed by atoms with Crippen LogP contribution in [0, 0.1) is 5.92 Å². The summed E-state index contributed by atoms with van der Waals surface area (Å²) >= 11 is 2.94. The van der Waals surface area contributed by atoms with Crippen LogP contribution in [0.3, 0.4) is 0 Å². The van der Waals surface area contributed by atoms with E-state index in [1.54, 1.807) is 57.2 Å². The Morgan fingerprint density at radius 1 is 0.660 bits per heavy atom. The second kappa shape index (κ2) is 15.6. The molecule has 0 aliphatic carbocycles. The van der Waals surface area contributed by atoms with E-state index in [4.69, 9.17) is 18.9 Å². The molecule has 2 aromatic heterocycles. The fraction of sp³-hybridized carbons (Fsp3) is 0.300. The number of carbonyl (C=O) groups excluding carboxylic acids is 2. The molecule has 0 aliphatic heterocycles. The van der Waals surface area contributed by atoms with Gasteiger partial charge in [0.25, 0.3) is 0 Å². The number of ketones is 2. The van der Waals surface area contributed by atoms with E-state index in [1.165, 1.54) is 22.7 Å². The van der Waals surface area contributed by atoms with Gasteiger partial charge in [0, 0.05) is 50.1 Å². The molecule has 1 unspecified atom stereocenters. The lowest BCUT2D eigenvalue weighted by Crippen LogP contribution is -2.39. The summed E-state index contributed by atoms with van der Waals surface area (Å²) in [6, 6.07) is 25.6. The van der Waals surface area contributed by atoms with E-state index in [-0.39, 0.29) is 48.2 Å². The maximum Gasteiger partial charge on any atom is 0.201 e. The Bertz CT molecular complexity index is 2310. The Labute approximate surface area is 297 Å². The molecule has 0 fully saturated rings. The molecule has 1 atom stereocenters. The number of Topliss-reactive ketones (excluding diaryl/α,β-unsaturated/α-hetero) is 2. The van der Waals surface area contributed by atoms with Gasteiger partial charge in [0.05, 0.1) is 16.0 Å². The topological polar surface area (TPSA) is 105 Å². The molecule has 258 valence electrons. The summed E-state index contributed by atoms with van der Waals surface area (Å²) in [6.45, 7) is 6.02. The van der Waals surface area contributed by atoms with Gasteiger partial charge in [0.2, 0.25) is 5.78 Å². The molecule has 8 nitrogen and oxygen atoms in total. The Balaban J connectivity index is 0.910. The quantitative estimate of drug-likeness (QED) is 0.0736. The van der Waals surface area contributed by atoms with Crippen LogP contribution < -0.4 is 20.3 Å². The molecule has 2 heterocycles. The zero-order valence-corrected chi connectivity index (χ0v) is 29.8. The zero-order valence-electron chi connectivity index (χ0n) is 28.2. The average molecular weight is 711 g/mol. The number of carbonyl (C=O) groups is 2. The summed E-state index contributed by atoms with van der Waals surface area (Å²) in [5, 5.41) is 2.49. The smallest absolute Gasteiger partial charge is 0.201 e. The zero-order chi connectivity index (χ0) is 35.3. The molecule has 4 aromatic carbocycles. The maximum atomic E-state index is 13.0. The third-order valence-electron chi connectivity index (χ3n) is 8.60. The summed E-state index contributed by atoms with van der Waals surface area (Å²) in [4.78, 5) is 51.8. The van der Waals surface area contributed by atoms with Crippen LogP contribution in [-0.4, -0.2) is 50.2 Å². The van der Waals surface area contributed by atoms with Gasteiger partial charge in [-0.05, 0) is 75.2 Å². The molecule has 0 aliphatic rings. The van der Waals surface area contributed by atoms with Gasteiger partial charge in [-0.15, -0.1) is 22.7 Å². The molecule has 0 amide bonds. The molecule has 0 saturated heterocycles. The summed E-state index contributed by atoms with van der Waals surface area (Å²) in [5.74, 6) is 0.354. The second-order valence-corrected chi connectivity index (χ2v) is 14.7. The largest absolute Gasteiger partial charge is 0.484 e. The standard InChI is InChI=1S/C40H38O8S2/c1-25(30(41)23-46-31-16-10-14-28-36(43)26-12-4-6-18-33(26)49-38(28)31)22-45-20-8-9-21-48-40(2,3)35(42)24-47-32-17-11-15-29-37(44)27-13-5-7-19-34(27)50-39(29)32/h4-7,10-19,25H,8-9,20-24H2,1-3H3. The van der Waals surface area contributed by atoms with Gasteiger partial charge in [-0.25, -0.2) is 0 Å². The fourth-order valence-corrected chi connectivity index (χ4v) is 7.77. The Morgan fingerprint density at radius 3 is 1.74 bits per heavy atom. The Hall–Kier alpha value is -4.48. The first kappa shape index (κ1) is 35.3. The first-order valence-electron chi connectivity index (χ1n) is 16.6. The van der Waals surface area contributed by atoms with E-state index < -0.39 is 5.60 Å². The Kier molecular flexibility index (Phi) is 11.0. The van der Waals surface area contributed by atoms with Crippen molar-refractivity contribution in [3.63, 3.8) is 0 Å². The monoisotopic (exact) mass is 710 g/mol. The summed E-state index contributed by atoms with van der Waals surface area (Å²) in [5.41, 5.74) is -1.16. The minimum atomic E-state index is -1.06. The molecule has 10 heteroatoms. The fourth-order valence-electron chi connectivity index (χ4n) is 5.50. The van der Waals surface area contributed by atoms with Crippen molar-refractivity contribution in [2.75, 3.05) is 33.0 Å². The molecular weight excluding hydrogens is 673 g/mol. The molecule has 50 heavy (non-hydrogen) atoms. The van der Waals surface area contributed by atoms with Gasteiger partial charge in [-0.1, -0.05) is 43.3 Å². The summed E-state index contributed by atoms with van der Waals surface area (Å²) in [6.07, 6.45) is 1.37. The SMILES string of the molecule is CC(COCCCCOC(C)(C)C(=O)COc1cccc2c(=O)c3ccccc3sc12)C(=O)COc1cccc2c(=O)c3ccccc3sc12. The van der Waals surface area contributed by atoms with Crippen molar-refractivity contribution in [3.8, 4) is 11.5 Å². The average Bonchev–Trinajstić information content (AvgIpc) is 3.12. The van der Waals surface area contributed by atoms with Crippen LogP contribution in [0.25, 0.3) is 40.3 Å². The molecule has 6 aromatic rings. The van der Waals surface area contributed by atoms with Crippen LogP contribution in [0.15, 0.2) is 94.5 Å². The molecule has 0 bridgehead atoms. The van der Waals surface area contributed by atoms with E-state index >= 15 is 0 Å². The number of fused-ring (bicyclic) bond motifs is 4. The normalized spacial score (nSPS) is 12.5. The van der Waals surface area contributed by atoms with Gasteiger partial charge in [-0.2, -0.15) is 0 Å². The van der Waals surface area contributed by atoms with Crippen LogP contribution in [0.5, 0.6) is 11.5 Å². The van der Waals surface area contributed by atoms with Crippen molar-refractivity contribution in [3.05, 3.63) is 105 Å². The van der Waals surface area contributed by atoms with E-state index in [9.17, 15) is 19.2 Å². The van der Waals surface area contributed by atoms with Gasteiger partial charge in [0.15, 0.2) is 16.6 Å². The van der Waals surface area contributed by atoms with Crippen molar-refractivity contribution in [2.45, 2.75) is 39.2 Å². The summed E-state index contributed by atoms with van der Waals surface area (Å²) < 4.78 is 26.7. The van der Waals surface area contributed by atoms with Crippen LogP contribution in [0.1, 0.15) is 33.6 Å². The number of hydrogen-bond donors (Lipinski definition) is 0. The van der Waals surface area contributed by atoms with E-state index in [1.807, 2.05) is 48.5 Å². The second-order valence-electron chi connectivity index (χ2n) is 12.6. The highest BCUT2D eigenvalue weighted by Gasteiger charge is 2.29. The van der Waals surface area contributed by atoms with Crippen molar-refractivity contribution in [1.29, 1.82) is 0 Å². The lowest BCUT2D eigenvalue weighted by Gasteiger charge is -2.24. The van der Waals surface area contributed by atoms with Crippen molar-refractivity contribution in [1.82, 2.24) is 0 Å². The molecule has 0 saturated carbocycles. The van der Waals surface area contributed by atoms with E-state index in [0.717, 1.165) is 14.1 Å². The van der Waals surface area contributed by atoms with Crippen molar-refractivity contribution >= 4 is 74.6 Å². The summed E-state index contributed by atoms with van der Waals surface area (Å²) in [7, 11) is 0. The van der Waals surface area contributed by atoms with Crippen LogP contribution in [-0.2, 0) is 19.1 Å². The van der Waals surface area contributed by atoms with Gasteiger partial charge < -0.3 is 18.9 Å². The highest BCUT2D eigenvalue weighted by atomic mass is 32.1. The third kappa shape index (κ3) is 7.79. The minimum absolute atomic E-state index is 0.0468. The molecule has 0 spiro atoms. The molecule has 0 radical (unpaired) electrons. The minimum Gasteiger partial charge on any atom is -0.484 e. The van der Waals surface area contributed by atoms with Crippen LogP contribution in [0.4, 0.5) is 0 Å². The number of ether oxygens (including phenoxy) is 4. The van der Waals surface area contributed by atoms with E-state index in [2.05, 4.69) is 0 Å². The van der Waals surface area contributed by atoms with Crippen LogP contribution >= 0.6 is 22.7 Å². The highest BCUT2D eigenvalue weighted by Crippen LogP contribution is 2.33. The van der Waals surface area contributed by atoms with Gasteiger partial charge in [0.1, 0.15) is 30.3 Å². The highest BCUT2D eigenvalue weighted by molar-refractivity contribution is 7.25. The van der Waals surface area contributed by atoms with E-state index in [0.29, 0.717) is 63.8 Å². The van der Waals surface area contributed by atoms with Gasteiger partial charge in [-0.3, -0.25) is 19.2 Å². The predicted molar refractivity (Wildman–Crippen MR) is 201 cm³/mol. The Morgan fingerprint density at radius 2 is 1.16 bits per heavy atom. The van der Waals surface area contributed by atoms with Crippen LogP contribution in [0.2, 0.25) is 0 Å². The number of benzene rings is 4.